The molecule has 0 fully saturated rings. The van der Waals surface area contributed by atoms with Gasteiger partial charge in [0.05, 0.1) is 7.11 Å². The molecule has 0 heterocycles. The van der Waals surface area contributed by atoms with Crippen LogP contribution in [0.1, 0.15) is 25.0 Å². The van der Waals surface area contributed by atoms with Crippen molar-refractivity contribution in [1.82, 2.24) is 10.2 Å². The Kier molecular flexibility index (Phi) is 9.31. The molecule has 0 saturated heterocycles. The summed E-state index contributed by atoms with van der Waals surface area (Å²) in [5.41, 5.74) is 0.899. The van der Waals surface area contributed by atoms with Crippen LogP contribution in [0.15, 0.2) is 36.4 Å². The van der Waals surface area contributed by atoms with Gasteiger partial charge in [0.15, 0.2) is 11.5 Å². The van der Waals surface area contributed by atoms with Crippen LogP contribution in [0.5, 0.6) is 11.5 Å². The summed E-state index contributed by atoms with van der Waals surface area (Å²) in [6, 6.07) is 9.24. The Morgan fingerprint density at radius 2 is 1.72 bits per heavy atom. The van der Waals surface area contributed by atoms with E-state index in [0.717, 1.165) is 18.7 Å². The van der Waals surface area contributed by atoms with Crippen LogP contribution in [0, 0.1) is 11.6 Å². The van der Waals surface area contributed by atoms with Crippen LogP contribution in [0.3, 0.4) is 0 Å². The van der Waals surface area contributed by atoms with E-state index in [1.165, 1.54) is 18.2 Å². The minimum Gasteiger partial charge on any atom is -0.493 e. The molecule has 2 N–H and O–H groups in total. The number of nitrogens with zero attached hydrogens (tertiary/aromatic N) is 1. The van der Waals surface area contributed by atoms with Gasteiger partial charge in [-0.1, -0.05) is 26.0 Å². The molecule has 0 saturated carbocycles. The second-order valence-corrected chi connectivity index (χ2v) is 6.74. The second kappa shape index (κ2) is 11.7. The number of nitrogens with one attached hydrogen (secondary N) is 1. The molecule has 29 heavy (non-hydrogen) atoms. The number of aliphatic hydroxyl groups is 1. The number of likely N-dealkylation sites (N-methyl/N-ethyl adjacent to an activating group) is 1. The van der Waals surface area contributed by atoms with Crippen molar-refractivity contribution in [2.45, 2.75) is 33.0 Å². The van der Waals surface area contributed by atoms with Gasteiger partial charge in [0.2, 0.25) is 0 Å². The van der Waals surface area contributed by atoms with E-state index in [2.05, 4.69) is 10.2 Å². The molecule has 0 aliphatic carbocycles. The highest BCUT2D eigenvalue weighted by molar-refractivity contribution is 5.43. The fraction of sp³-hybridized carbons (Fsp3) is 0.455. The van der Waals surface area contributed by atoms with Gasteiger partial charge in [-0.2, -0.15) is 0 Å². The van der Waals surface area contributed by atoms with E-state index in [4.69, 9.17) is 9.47 Å². The quantitative estimate of drug-likeness (QED) is 0.564. The van der Waals surface area contributed by atoms with Crippen molar-refractivity contribution >= 4 is 0 Å². The molecule has 7 heteroatoms. The van der Waals surface area contributed by atoms with Gasteiger partial charge in [-0.15, -0.1) is 0 Å². The van der Waals surface area contributed by atoms with E-state index in [9.17, 15) is 13.9 Å². The molecular formula is C22H30F2N2O3. The highest BCUT2D eigenvalue weighted by Crippen LogP contribution is 2.28. The Balaban J connectivity index is 1.91. The van der Waals surface area contributed by atoms with Crippen LogP contribution in [0.4, 0.5) is 8.78 Å². The topological polar surface area (TPSA) is 54.0 Å². The lowest BCUT2D eigenvalue weighted by Crippen LogP contribution is -2.35. The number of aliphatic hydroxyl groups excluding tert-OH is 1. The first-order valence-electron chi connectivity index (χ1n) is 9.82. The molecule has 0 aliphatic heterocycles. The highest BCUT2D eigenvalue weighted by Gasteiger charge is 2.13. The average molecular weight is 408 g/mol. The molecule has 2 aromatic carbocycles. The van der Waals surface area contributed by atoms with E-state index in [0.29, 0.717) is 24.6 Å². The lowest BCUT2D eigenvalue weighted by atomic mass is 10.1. The summed E-state index contributed by atoms with van der Waals surface area (Å²) in [5.74, 6) is -0.0596. The molecular weight excluding hydrogens is 378 g/mol. The van der Waals surface area contributed by atoms with Crippen LogP contribution in [-0.2, 0) is 13.1 Å². The zero-order valence-corrected chi connectivity index (χ0v) is 17.3. The maximum atomic E-state index is 13.7. The van der Waals surface area contributed by atoms with Crippen molar-refractivity contribution in [3.05, 3.63) is 59.2 Å². The van der Waals surface area contributed by atoms with Crippen LogP contribution in [-0.4, -0.2) is 49.5 Å². The normalized spacial score (nSPS) is 12.2. The van der Waals surface area contributed by atoms with Gasteiger partial charge in [0.25, 0.3) is 0 Å². The van der Waals surface area contributed by atoms with Crippen molar-refractivity contribution in [3.8, 4) is 11.5 Å². The lowest BCUT2D eigenvalue weighted by Gasteiger charge is -2.22. The Hall–Kier alpha value is -2.22. The van der Waals surface area contributed by atoms with Gasteiger partial charge in [-0.3, -0.25) is 0 Å². The van der Waals surface area contributed by atoms with Gasteiger partial charge in [-0.05, 0) is 42.9 Å². The summed E-state index contributed by atoms with van der Waals surface area (Å²) < 4.78 is 38.5. The number of ether oxygens (including phenoxy) is 2. The summed E-state index contributed by atoms with van der Waals surface area (Å²) in [5, 5.41) is 13.2. The van der Waals surface area contributed by atoms with E-state index in [1.807, 2.05) is 19.9 Å². The average Bonchev–Trinajstić information content (AvgIpc) is 2.72. The maximum absolute atomic E-state index is 13.7. The summed E-state index contributed by atoms with van der Waals surface area (Å²) in [4.78, 5) is 2.12. The van der Waals surface area contributed by atoms with E-state index in [1.54, 1.807) is 19.2 Å². The molecule has 0 spiro atoms. The van der Waals surface area contributed by atoms with Crippen molar-refractivity contribution in [1.29, 1.82) is 0 Å². The van der Waals surface area contributed by atoms with Crippen molar-refractivity contribution in [3.63, 3.8) is 0 Å². The molecule has 5 nitrogen and oxygen atoms in total. The first-order valence-corrected chi connectivity index (χ1v) is 9.82. The van der Waals surface area contributed by atoms with Gasteiger partial charge in [0, 0.05) is 25.2 Å². The summed E-state index contributed by atoms with van der Waals surface area (Å²) >= 11 is 0. The van der Waals surface area contributed by atoms with Gasteiger partial charge in [-0.25, -0.2) is 8.78 Å². The number of rotatable bonds is 12. The Morgan fingerprint density at radius 3 is 2.34 bits per heavy atom. The predicted octanol–water partition coefficient (Wildman–Crippen LogP) is 3.34. The van der Waals surface area contributed by atoms with E-state index >= 15 is 0 Å². The monoisotopic (exact) mass is 408 g/mol. The van der Waals surface area contributed by atoms with Crippen LogP contribution < -0.4 is 14.8 Å². The number of halogens is 2. The van der Waals surface area contributed by atoms with E-state index < -0.39 is 17.7 Å². The molecule has 0 unspecified atom stereocenters. The SMILES string of the molecule is CCN(CC)C[C@H](O)COc1ccc(CNCc2c(F)cccc2F)cc1OC. The maximum Gasteiger partial charge on any atom is 0.161 e. The van der Waals surface area contributed by atoms with Crippen LogP contribution in [0.2, 0.25) is 0 Å². The minimum absolute atomic E-state index is 0.0154. The summed E-state index contributed by atoms with van der Waals surface area (Å²) in [6.07, 6.45) is -0.600. The zero-order valence-electron chi connectivity index (χ0n) is 17.3. The largest absolute Gasteiger partial charge is 0.493 e. The third-order valence-electron chi connectivity index (χ3n) is 4.72. The third kappa shape index (κ3) is 6.96. The van der Waals surface area contributed by atoms with Crippen molar-refractivity contribution < 1.29 is 23.4 Å². The fourth-order valence-corrected chi connectivity index (χ4v) is 2.99. The molecule has 2 rings (SSSR count). The van der Waals surface area contributed by atoms with Crippen LogP contribution in [0.25, 0.3) is 0 Å². The first-order chi connectivity index (χ1) is 14.0. The highest BCUT2D eigenvalue weighted by atomic mass is 19.1. The molecule has 0 bridgehead atoms. The predicted molar refractivity (Wildman–Crippen MR) is 109 cm³/mol. The zero-order chi connectivity index (χ0) is 21.2. The van der Waals surface area contributed by atoms with Gasteiger partial charge < -0.3 is 24.8 Å². The first kappa shape index (κ1) is 23.1. The fourth-order valence-electron chi connectivity index (χ4n) is 2.99. The second-order valence-electron chi connectivity index (χ2n) is 6.74. The molecule has 0 aromatic heterocycles. The third-order valence-corrected chi connectivity index (χ3v) is 4.72. The minimum atomic E-state index is -0.600. The molecule has 1 atom stereocenters. The molecule has 0 aliphatic rings. The van der Waals surface area contributed by atoms with Crippen molar-refractivity contribution in [2.75, 3.05) is 33.4 Å². The smallest absolute Gasteiger partial charge is 0.161 e. The molecule has 0 amide bonds. The summed E-state index contributed by atoms with van der Waals surface area (Å²) in [7, 11) is 1.54. The lowest BCUT2D eigenvalue weighted by molar-refractivity contribution is 0.0705. The van der Waals surface area contributed by atoms with Crippen molar-refractivity contribution in [2.24, 2.45) is 0 Å². The number of hydrogen-bond donors (Lipinski definition) is 2. The van der Waals surface area contributed by atoms with Gasteiger partial charge >= 0.3 is 0 Å². The van der Waals surface area contributed by atoms with Crippen LogP contribution >= 0.6 is 0 Å². The molecule has 2 aromatic rings. The van der Waals surface area contributed by atoms with E-state index in [-0.39, 0.29) is 18.7 Å². The standard InChI is InChI=1S/C22H30F2N2O3/c1-4-26(5-2)14-17(27)15-29-21-10-9-16(11-22(21)28-3)12-25-13-18-19(23)7-6-8-20(18)24/h6-11,17,25,27H,4-5,12-15H2,1-3H3/t17-/m0/s1. The Morgan fingerprint density at radius 1 is 1.03 bits per heavy atom. The van der Waals surface area contributed by atoms with Gasteiger partial charge in [0.1, 0.15) is 24.3 Å². The molecule has 0 radical (unpaired) electrons. The number of benzene rings is 2. The number of hydrogen-bond acceptors (Lipinski definition) is 5. The Labute approximate surface area is 171 Å². The number of methoxy groups -OCH3 is 1. The Bertz CT molecular complexity index is 749. The summed E-state index contributed by atoms with van der Waals surface area (Å²) in [6.45, 7) is 7.04. The molecule has 160 valence electrons.